The first-order chi connectivity index (χ1) is 13.0. The molecule has 1 aromatic rings. The third-order valence-electron chi connectivity index (χ3n) is 5.75. The van der Waals surface area contributed by atoms with Crippen LogP contribution in [0.15, 0.2) is 29.2 Å². The number of hydrogen-bond acceptors (Lipinski definition) is 3. The van der Waals surface area contributed by atoms with E-state index in [9.17, 15) is 17.6 Å². The van der Waals surface area contributed by atoms with Crippen LogP contribution in [0.5, 0.6) is 0 Å². The van der Waals surface area contributed by atoms with Gasteiger partial charge >= 0.3 is 0 Å². The van der Waals surface area contributed by atoms with E-state index in [0.717, 1.165) is 18.6 Å². The van der Waals surface area contributed by atoms with Crippen LogP contribution in [0.25, 0.3) is 0 Å². The van der Waals surface area contributed by atoms with Gasteiger partial charge in [-0.1, -0.05) is 32.1 Å². The number of carbonyl (C=O) groups is 1. The Balaban J connectivity index is 1.54. The number of rotatable bonds is 5. The van der Waals surface area contributed by atoms with E-state index in [-0.39, 0.29) is 17.3 Å². The second kappa shape index (κ2) is 9.15. The van der Waals surface area contributed by atoms with Crippen LogP contribution >= 0.6 is 0 Å². The Labute approximate surface area is 161 Å². The average molecular weight is 397 g/mol. The third-order valence-corrected chi connectivity index (χ3v) is 7.66. The van der Waals surface area contributed by atoms with Crippen molar-refractivity contribution in [2.75, 3.05) is 26.2 Å². The van der Waals surface area contributed by atoms with Gasteiger partial charge in [0, 0.05) is 32.6 Å². The monoisotopic (exact) mass is 396 g/mol. The van der Waals surface area contributed by atoms with Crippen molar-refractivity contribution in [2.45, 2.75) is 56.3 Å². The lowest BCUT2D eigenvalue weighted by Crippen LogP contribution is -2.37. The first-order valence-electron chi connectivity index (χ1n) is 10.0. The number of halogens is 1. The van der Waals surface area contributed by atoms with Crippen LogP contribution < -0.4 is 0 Å². The largest absolute Gasteiger partial charge is 0.341 e. The minimum Gasteiger partial charge on any atom is -0.341 e. The Kier molecular flexibility index (Phi) is 6.87. The van der Waals surface area contributed by atoms with E-state index < -0.39 is 15.8 Å². The molecule has 2 fully saturated rings. The molecule has 0 spiro atoms. The molecule has 3 rings (SSSR count). The SMILES string of the molecule is O=C(CCC1CCCCC1)N1CCCN(S(=O)(=O)c2ccc(F)cc2)CC1. The summed E-state index contributed by atoms with van der Waals surface area (Å²) in [5.41, 5.74) is 0. The second-order valence-electron chi connectivity index (χ2n) is 7.64. The van der Waals surface area contributed by atoms with Gasteiger partial charge in [0.05, 0.1) is 4.90 Å². The lowest BCUT2D eigenvalue weighted by molar-refractivity contribution is -0.131. The van der Waals surface area contributed by atoms with E-state index >= 15 is 0 Å². The molecule has 1 heterocycles. The molecule has 0 atom stereocenters. The van der Waals surface area contributed by atoms with Crippen LogP contribution in [0.2, 0.25) is 0 Å². The van der Waals surface area contributed by atoms with Crippen molar-refractivity contribution in [1.82, 2.24) is 9.21 Å². The molecule has 5 nitrogen and oxygen atoms in total. The van der Waals surface area contributed by atoms with Gasteiger partial charge in [0.15, 0.2) is 0 Å². The summed E-state index contributed by atoms with van der Waals surface area (Å²) in [6, 6.07) is 4.91. The summed E-state index contributed by atoms with van der Waals surface area (Å²) < 4.78 is 40.0. The molecular weight excluding hydrogens is 367 g/mol. The zero-order valence-corrected chi connectivity index (χ0v) is 16.6. The van der Waals surface area contributed by atoms with Gasteiger partial charge in [-0.05, 0) is 43.0 Å². The van der Waals surface area contributed by atoms with Crippen LogP contribution in [-0.4, -0.2) is 49.7 Å². The number of sulfonamides is 1. The fraction of sp³-hybridized carbons (Fsp3) is 0.650. The maximum absolute atomic E-state index is 13.1. The van der Waals surface area contributed by atoms with Crippen LogP contribution in [0, 0.1) is 11.7 Å². The molecule has 0 bridgehead atoms. The summed E-state index contributed by atoms with van der Waals surface area (Å²) in [5, 5.41) is 0. The third kappa shape index (κ3) is 5.29. The van der Waals surface area contributed by atoms with Gasteiger partial charge in [-0.25, -0.2) is 12.8 Å². The maximum Gasteiger partial charge on any atom is 0.243 e. The molecule has 0 aromatic heterocycles. The topological polar surface area (TPSA) is 57.7 Å². The highest BCUT2D eigenvalue weighted by molar-refractivity contribution is 7.89. The van der Waals surface area contributed by atoms with E-state index in [0.29, 0.717) is 38.4 Å². The van der Waals surface area contributed by atoms with E-state index in [4.69, 9.17) is 0 Å². The summed E-state index contributed by atoms with van der Waals surface area (Å²) in [6.45, 7) is 1.68. The Morgan fingerprint density at radius 1 is 0.963 bits per heavy atom. The van der Waals surface area contributed by atoms with Crippen LogP contribution in [-0.2, 0) is 14.8 Å². The molecule has 27 heavy (non-hydrogen) atoms. The minimum atomic E-state index is -3.65. The molecule has 1 aliphatic heterocycles. The van der Waals surface area contributed by atoms with Gasteiger partial charge in [-0.3, -0.25) is 4.79 Å². The minimum absolute atomic E-state index is 0.0981. The molecule has 1 saturated heterocycles. The van der Waals surface area contributed by atoms with Gasteiger partial charge in [0.2, 0.25) is 15.9 Å². The van der Waals surface area contributed by atoms with Crippen LogP contribution in [0.1, 0.15) is 51.4 Å². The predicted molar refractivity (Wildman–Crippen MR) is 102 cm³/mol. The van der Waals surface area contributed by atoms with E-state index in [2.05, 4.69) is 0 Å². The Hall–Kier alpha value is -1.47. The smallest absolute Gasteiger partial charge is 0.243 e. The van der Waals surface area contributed by atoms with Gasteiger partial charge in [0.25, 0.3) is 0 Å². The Bertz CT molecular complexity index is 730. The lowest BCUT2D eigenvalue weighted by Gasteiger charge is -2.24. The van der Waals surface area contributed by atoms with Crippen molar-refractivity contribution in [2.24, 2.45) is 5.92 Å². The number of nitrogens with zero attached hydrogens (tertiary/aromatic N) is 2. The lowest BCUT2D eigenvalue weighted by atomic mass is 9.86. The quantitative estimate of drug-likeness (QED) is 0.766. The summed E-state index contributed by atoms with van der Waals surface area (Å²) in [4.78, 5) is 14.5. The molecule has 0 radical (unpaired) electrons. The molecule has 0 unspecified atom stereocenters. The van der Waals surface area contributed by atoms with Gasteiger partial charge in [0.1, 0.15) is 5.82 Å². The van der Waals surface area contributed by atoms with E-state index in [1.54, 1.807) is 0 Å². The van der Waals surface area contributed by atoms with Crippen molar-refractivity contribution in [3.05, 3.63) is 30.1 Å². The molecule has 7 heteroatoms. The molecule has 1 saturated carbocycles. The summed E-state index contributed by atoms with van der Waals surface area (Å²) in [6.07, 6.45) is 8.47. The van der Waals surface area contributed by atoms with Crippen molar-refractivity contribution in [3.63, 3.8) is 0 Å². The highest BCUT2D eigenvalue weighted by atomic mass is 32.2. The van der Waals surface area contributed by atoms with Gasteiger partial charge in [-0.2, -0.15) is 4.31 Å². The zero-order chi connectivity index (χ0) is 19.3. The molecule has 1 aliphatic carbocycles. The molecule has 1 amide bonds. The van der Waals surface area contributed by atoms with Crippen LogP contribution in [0.4, 0.5) is 4.39 Å². The normalized spacial score (nSPS) is 20.4. The number of carbonyl (C=O) groups excluding carboxylic acids is 1. The second-order valence-corrected chi connectivity index (χ2v) is 9.57. The van der Waals surface area contributed by atoms with Gasteiger partial charge < -0.3 is 4.90 Å². The fourth-order valence-corrected chi connectivity index (χ4v) is 5.57. The van der Waals surface area contributed by atoms with Crippen molar-refractivity contribution in [1.29, 1.82) is 0 Å². The molecule has 2 aliphatic rings. The number of amides is 1. The zero-order valence-electron chi connectivity index (χ0n) is 15.8. The first kappa shape index (κ1) is 20.3. The molecule has 150 valence electrons. The first-order valence-corrected chi connectivity index (χ1v) is 11.4. The van der Waals surface area contributed by atoms with Crippen molar-refractivity contribution >= 4 is 15.9 Å². The van der Waals surface area contributed by atoms with Crippen molar-refractivity contribution in [3.8, 4) is 0 Å². The average Bonchev–Trinajstić information content (AvgIpc) is 2.94. The number of hydrogen-bond donors (Lipinski definition) is 0. The highest BCUT2D eigenvalue weighted by Gasteiger charge is 2.28. The number of benzene rings is 1. The molecule has 1 aromatic carbocycles. The standard InChI is InChI=1S/C20H29FN2O3S/c21-18-8-10-19(11-9-18)27(25,26)23-14-4-13-22(15-16-23)20(24)12-7-17-5-2-1-3-6-17/h8-11,17H,1-7,12-16H2. The predicted octanol–water partition coefficient (Wildman–Crippen LogP) is 3.41. The van der Waals surface area contributed by atoms with Crippen molar-refractivity contribution < 1.29 is 17.6 Å². The Morgan fingerprint density at radius 3 is 2.37 bits per heavy atom. The summed E-state index contributed by atoms with van der Waals surface area (Å²) >= 11 is 0. The fourth-order valence-electron chi connectivity index (χ4n) is 4.10. The molecular formula is C20H29FN2O3S. The van der Waals surface area contributed by atoms with Gasteiger partial charge in [-0.15, -0.1) is 0 Å². The Morgan fingerprint density at radius 2 is 1.67 bits per heavy atom. The van der Waals surface area contributed by atoms with E-state index in [1.165, 1.54) is 48.5 Å². The van der Waals surface area contributed by atoms with E-state index in [1.807, 2.05) is 4.90 Å². The summed E-state index contributed by atoms with van der Waals surface area (Å²) in [7, 11) is -3.65. The highest BCUT2D eigenvalue weighted by Crippen LogP contribution is 2.27. The summed E-state index contributed by atoms with van der Waals surface area (Å²) in [5.74, 6) is 0.353. The van der Waals surface area contributed by atoms with Crippen LogP contribution in [0.3, 0.4) is 0 Å². The molecule has 0 N–H and O–H groups in total. The maximum atomic E-state index is 13.1.